The molecule has 0 aromatic carbocycles. The van der Waals surface area contributed by atoms with Gasteiger partial charge in [0.25, 0.3) is 0 Å². The first-order chi connectivity index (χ1) is 9.48. The minimum absolute atomic E-state index is 0.0407. The molecule has 7 heteroatoms. The second kappa shape index (κ2) is 6.65. The molecule has 7 nitrogen and oxygen atoms in total. The van der Waals surface area contributed by atoms with Crippen LogP contribution in [0.1, 0.15) is 6.42 Å². The number of hydrogen-bond acceptors (Lipinski definition) is 6. The molecule has 0 heterocycles. The van der Waals surface area contributed by atoms with Crippen LogP contribution in [0.15, 0.2) is 37.6 Å². The van der Waals surface area contributed by atoms with Crippen LogP contribution in [0, 0.1) is 21.4 Å². The number of rotatable bonds is 8. The van der Waals surface area contributed by atoms with Crippen LogP contribution in [0.4, 0.5) is 0 Å². The van der Waals surface area contributed by atoms with Crippen LogP contribution in [0.5, 0.6) is 0 Å². The Kier molecular flexibility index (Phi) is 5.19. The number of carbonyl (C=O) groups is 2. The van der Waals surface area contributed by atoms with Crippen LogP contribution in [0.3, 0.4) is 0 Å². The number of ether oxygens (including phenoxy) is 2. The molecule has 0 saturated heterocycles. The van der Waals surface area contributed by atoms with Crippen LogP contribution in [-0.4, -0.2) is 30.1 Å². The predicted octanol–water partition coefficient (Wildman–Crippen LogP) is 1.24. The van der Waals surface area contributed by atoms with Gasteiger partial charge in [-0.1, -0.05) is 25.3 Å². The van der Waals surface area contributed by atoms with Crippen molar-refractivity contribution in [3.05, 3.63) is 47.7 Å². The van der Waals surface area contributed by atoms with Crippen LogP contribution in [-0.2, 0) is 19.1 Å². The lowest BCUT2D eigenvalue weighted by molar-refractivity contribution is -0.402. The average molecular weight is 281 g/mol. The normalized spacial score (nSPS) is 19.1. The highest BCUT2D eigenvalue weighted by Crippen LogP contribution is 2.55. The van der Waals surface area contributed by atoms with E-state index < -0.39 is 28.2 Å². The molecule has 1 unspecified atom stereocenters. The van der Waals surface area contributed by atoms with Gasteiger partial charge in [0.05, 0.1) is 4.92 Å². The molecule has 0 aromatic rings. The average Bonchev–Trinajstić information content (AvgIpc) is 3.15. The van der Waals surface area contributed by atoms with Crippen molar-refractivity contribution in [1.82, 2.24) is 0 Å². The van der Waals surface area contributed by atoms with Gasteiger partial charge in [0, 0.05) is 5.92 Å². The highest BCUT2D eigenvalue weighted by molar-refractivity contribution is 6.04. The first-order valence-electron chi connectivity index (χ1n) is 5.87. The molecule has 0 bridgehead atoms. The molecule has 0 N–H and O–H groups in total. The Morgan fingerprint density at radius 1 is 1.25 bits per heavy atom. The Morgan fingerprint density at radius 2 is 1.75 bits per heavy atom. The van der Waals surface area contributed by atoms with Gasteiger partial charge in [-0.05, 0) is 12.5 Å². The van der Waals surface area contributed by atoms with Crippen molar-refractivity contribution < 1.29 is 24.0 Å². The monoisotopic (exact) mass is 281 g/mol. The predicted molar refractivity (Wildman–Crippen MR) is 69.0 cm³/mol. The summed E-state index contributed by atoms with van der Waals surface area (Å²) in [6.07, 6.45) is 4.76. The summed E-state index contributed by atoms with van der Waals surface area (Å²) >= 11 is 0. The fourth-order valence-electron chi connectivity index (χ4n) is 1.77. The molecule has 1 atom stereocenters. The Morgan fingerprint density at radius 3 is 2.15 bits per heavy atom. The second-order valence-electron chi connectivity index (χ2n) is 4.18. The third-order valence-electron chi connectivity index (χ3n) is 2.85. The maximum absolute atomic E-state index is 11.9. The van der Waals surface area contributed by atoms with E-state index in [9.17, 15) is 19.7 Å². The van der Waals surface area contributed by atoms with E-state index in [4.69, 9.17) is 9.47 Å². The van der Waals surface area contributed by atoms with Crippen LogP contribution >= 0.6 is 0 Å². The van der Waals surface area contributed by atoms with Crippen molar-refractivity contribution >= 4 is 11.9 Å². The van der Waals surface area contributed by atoms with E-state index in [0.29, 0.717) is 6.20 Å². The van der Waals surface area contributed by atoms with Gasteiger partial charge < -0.3 is 9.47 Å². The molecule has 0 radical (unpaired) electrons. The quantitative estimate of drug-likeness (QED) is 0.218. The van der Waals surface area contributed by atoms with E-state index in [-0.39, 0.29) is 19.6 Å². The summed E-state index contributed by atoms with van der Waals surface area (Å²) in [6, 6.07) is 0. The number of esters is 2. The van der Waals surface area contributed by atoms with E-state index in [1.165, 1.54) is 18.2 Å². The molecule has 1 aliphatic carbocycles. The van der Waals surface area contributed by atoms with Gasteiger partial charge in [-0.15, -0.1) is 0 Å². The summed E-state index contributed by atoms with van der Waals surface area (Å²) < 4.78 is 9.74. The minimum atomic E-state index is -1.49. The van der Waals surface area contributed by atoms with Gasteiger partial charge in [-0.2, -0.15) is 0 Å². The van der Waals surface area contributed by atoms with E-state index >= 15 is 0 Å². The molecule has 1 fully saturated rings. The molecule has 108 valence electrons. The molecule has 1 saturated carbocycles. The number of carbonyl (C=O) groups excluding carboxylic acids is 2. The van der Waals surface area contributed by atoms with Crippen molar-refractivity contribution in [2.75, 3.05) is 13.2 Å². The molecule has 0 amide bonds. The van der Waals surface area contributed by atoms with Crippen molar-refractivity contribution in [2.45, 2.75) is 6.42 Å². The third kappa shape index (κ3) is 3.31. The lowest BCUT2D eigenvalue weighted by Gasteiger charge is -2.13. The maximum Gasteiger partial charge on any atom is 0.324 e. The largest absolute Gasteiger partial charge is 0.461 e. The van der Waals surface area contributed by atoms with Gasteiger partial charge in [0.15, 0.2) is 5.41 Å². The number of nitro groups is 1. The zero-order chi connectivity index (χ0) is 15.2. The molecular weight excluding hydrogens is 266 g/mol. The van der Waals surface area contributed by atoms with Gasteiger partial charge in [0.1, 0.15) is 13.2 Å². The highest BCUT2D eigenvalue weighted by Gasteiger charge is 2.67. The first-order valence-corrected chi connectivity index (χ1v) is 5.87. The Hall–Kier alpha value is -2.44. The summed E-state index contributed by atoms with van der Waals surface area (Å²) in [5, 5.41) is 10.3. The van der Waals surface area contributed by atoms with E-state index in [1.54, 1.807) is 0 Å². The first kappa shape index (κ1) is 15.6. The molecule has 1 aliphatic rings. The van der Waals surface area contributed by atoms with E-state index in [0.717, 1.165) is 0 Å². The maximum atomic E-state index is 11.9. The summed E-state index contributed by atoms with van der Waals surface area (Å²) in [6.45, 7) is 6.71. The SMILES string of the molecule is C=CCOC(=O)C1(C(=O)OCC=C)CC1/C=C/[N+](=O)[O-]. The molecule has 1 rings (SSSR count). The van der Waals surface area contributed by atoms with E-state index in [1.807, 2.05) is 0 Å². The molecule has 0 aromatic heterocycles. The fraction of sp³-hybridized carbons (Fsp3) is 0.385. The smallest absolute Gasteiger partial charge is 0.324 e. The summed E-state index contributed by atoms with van der Waals surface area (Å²) in [7, 11) is 0. The third-order valence-corrected chi connectivity index (χ3v) is 2.85. The van der Waals surface area contributed by atoms with Gasteiger partial charge >= 0.3 is 11.9 Å². The topological polar surface area (TPSA) is 95.7 Å². The minimum Gasteiger partial charge on any atom is -0.461 e. The van der Waals surface area contributed by atoms with Gasteiger partial charge in [-0.25, -0.2) is 0 Å². The summed E-state index contributed by atoms with van der Waals surface area (Å²) in [4.78, 5) is 33.5. The molecular formula is C13H15NO6. The van der Waals surface area contributed by atoms with Crippen molar-refractivity contribution in [3.8, 4) is 0 Å². The van der Waals surface area contributed by atoms with Gasteiger partial charge in [0.2, 0.25) is 6.20 Å². The second-order valence-corrected chi connectivity index (χ2v) is 4.18. The van der Waals surface area contributed by atoms with Crippen molar-refractivity contribution in [2.24, 2.45) is 11.3 Å². The Bertz CT molecular complexity index is 443. The Labute approximate surface area is 115 Å². The summed E-state index contributed by atoms with van der Waals surface area (Å²) in [5.41, 5.74) is -1.49. The zero-order valence-corrected chi connectivity index (χ0v) is 10.8. The van der Waals surface area contributed by atoms with Crippen molar-refractivity contribution in [1.29, 1.82) is 0 Å². The number of hydrogen-bond donors (Lipinski definition) is 0. The zero-order valence-electron chi connectivity index (χ0n) is 10.8. The fourth-order valence-corrected chi connectivity index (χ4v) is 1.77. The van der Waals surface area contributed by atoms with Gasteiger partial charge in [-0.3, -0.25) is 19.7 Å². The van der Waals surface area contributed by atoms with E-state index in [2.05, 4.69) is 13.2 Å². The molecule has 0 aliphatic heterocycles. The highest BCUT2D eigenvalue weighted by atomic mass is 16.6. The number of allylic oxidation sites excluding steroid dienone is 1. The molecule has 0 spiro atoms. The standard InChI is InChI=1S/C13H15NO6/c1-3-7-19-11(15)13(12(16)20-8-4-2)9-10(13)5-6-14(17)18/h3-6,10H,1-2,7-9H2/b6-5+. The lowest BCUT2D eigenvalue weighted by atomic mass is 10.0. The summed E-state index contributed by atoms with van der Waals surface area (Å²) in [5.74, 6) is -2.11. The Balaban J connectivity index is 2.83. The van der Waals surface area contributed by atoms with Crippen molar-refractivity contribution in [3.63, 3.8) is 0 Å². The number of nitrogens with zero attached hydrogens (tertiary/aromatic N) is 1. The van der Waals surface area contributed by atoms with Crippen LogP contribution in [0.2, 0.25) is 0 Å². The lowest BCUT2D eigenvalue weighted by Crippen LogP contribution is -2.31. The molecule has 20 heavy (non-hydrogen) atoms. The van der Waals surface area contributed by atoms with Crippen LogP contribution in [0.25, 0.3) is 0 Å². The van der Waals surface area contributed by atoms with Crippen LogP contribution < -0.4 is 0 Å².